The van der Waals surface area contributed by atoms with Gasteiger partial charge in [0.2, 0.25) is 0 Å². The second-order valence-electron chi connectivity index (χ2n) is 4.99. The molecule has 0 heterocycles. The Labute approximate surface area is 126 Å². The third kappa shape index (κ3) is 3.99. The molecule has 1 aliphatic carbocycles. The van der Waals surface area contributed by atoms with E-state index < -0.39 is 0 Å². The van der Waals surface area contributed by atoms with Gasteiger partial charge in [-0.05, 0) is 48.7 Å². The van der Waals surface area contributed by atoms with Gasteiger partial charge >= 0.3 is 0 Å². The van der Waals surface area contributed by atoms with Gasteiger partial charge in [0.05, 0.1) is 14.2 Å². The lowest BCUT2D eigenvalue weighted by atomic mass is 9.89. The SMILES string of the molecule is CNCc1ccc(OC)c(OC)c1.c1ccc2c(c1)CC2. The molecule has 112 valence electrons. The van der Waals surface area contributed by atoms with Gasteiger partial charge in [-0.15, -0.1) is 0 Å². The van der Waals surface area contributed by atoms with Crippen LogP contribution in [0.2, 0.25) is 0 Å². The lowest BCUT2D eigenvalue weighted by Crippen LogP contribution is -2.06. The molecule has 0 atom stereocenters. The normalized spacial score (nSPS) is 11.6. The first-order valence-corrected chi connectivity index (χ1v) is 7.20. The Balaban J connectivity index is 0.000000170. The first-order valence-electron chi connectivity index (χ1n) is 7.20. The van der Waals surface area contributed by atoms with Gasteiger partial charge in [-0.25, -0.2) is 0 Å². The van der Waals surface area contributed by atoms with E-state index in [0.717, 1.165) is 18.0 Å². The second kappa shape index (κ2) is 7.70. The molecule has 0 unspecified atom stereocenters. The zero-order chi connectivity index (χ0) is 15.1. The number of ether oxygens (including phenoxy) is 2. The van der Waals surface area contributed by atoms with Crippen LogP contribution in [0.4, 0.5) is 0 Å². The quantitative estimate of drug-likeness (QED) is 0.935. The Morgan fingerprint density at radius 1 is 0.905 bits per heavy atom. The van der Waals surface area contributed by atoms with Crippen molar-refractivity contribution in [2.45, 2.75) is 19.4 Å². The lowest BCUT2D eigenvalue weighted by molar-refractivity contribution is 0.354. The van der Waals surface area contributed by atoms with Gasteiger partial charge in [-0.2, -0.15) is 0 Å². The summed E-state index contributed by atoms with van der Waals surface area (Å²) in [5.41, 5.74) is 4.28. The van der Waals surface area contributed by atoms with Crippen molar-refractivity contribution in [1.29, 1.82) is 0 Å². The first-order chi connectivity index (χ1) is 10.3. The Bertz CT molecular complexity index is 558. The van der Waals surface area contributed by atoms with E-state index in [9.17, 15) is 0 Å². The summed E-state index contributed by atoms with van der Waals surface area (Å²) in [4.78, 5) is 0. The van der Waals surface area contributed by atoms with Crippen LogP contribution >= 0.6 is 0 Å². The molecular formula is C18H23NO2. The smallest absolute Gasteiger partial charge is 0.161 e. The van der Waals surface area contributed by atoms with Crippen LogP contribution in [0, 0.1) is 0 Å². The highest BCUT2D eigenvalue weighted by Gasteiger charge is 2.09. The summed E-state index contributed by atoms with van der Waals surface area (Å²) in [5, 5.41) is 3.08. The highest BCUT2D eigenvalue weighted by molar-refractivity contribution is 5.42. The molecule has 1 aliphatic rings. The highest BCUT2D eigenvalue weighted by atomic mass is 16.5. The molecular weight excluding hydrogens is 262 g/mol. The van der Waals surface area contributed by atoms with Crippen LogP contribution < -0.4 is 14.8 Å². The molecule has 0 aliphatic heterocycles. The lowest BCUT2D eigenvalue weighted by Gasteiger charge is -2.16. The van der Waals surface area contributed by atoms with Gasteiger partial charge in [0, 0.05) is 6.54 Å². The van der Waals surface area contributed by atoms with Crippen molar-refractivity contribution in [1.82, 2.24) is 5.32 Å². The van der Waals surface area contributed by atoms with Crippen molar-refractivity contribution in [2.75, 3.05) is 21.3 Å². The Kier molecular flexibility index (Phi) is 5.64. The molecule has 3 heteroatoms. The minimum atomic E-state index is 0.766. The van der Waals surface area contributed by atoms with E-state index in [2.05, 4.69) is 29.6 Å². The molecule has 0 radical (unpaired) electrons. The fourth-order valence-corrected chi connectivity index (χ4v) is 2.33. The number of methoxy groups -OCH3 is 2. The van der Waals surface area contributed by atoms with Crippen molar-refractivity contribution in [3.63, 3.8) is 0 Å². The van der Waals surface area contributed by atoms with E-state index in [1.165, 1.54) is 18.4 Å². The number of nitrogens with one attached hydrogen (secondary N) is 1. The van der Waals surface area contributed by atoms with Gasteiger partial charge in [0.15, 0.2) is 11.5 Å². The summed E-state index contributed by atoms with van der Waals surface area (Å²) in [5.74, 6) is 1.54. The van der Waals surface area contributed by atoms with Gasteiger partial charge in [-0.1, -0.05) is 30.3 Å². The van der Waals surface area contributed by atoms with Crippen LogP contribution in [0.1, 0.15) is 16.7 Å². The van der Waals surface area contributed by atoms with E-state index in [-0.39, 0.29) is 0 Å². The third-order valence-corrected chi connectivity index (χ3v) is 3.61. The third-order valence-electron chi connectivity index (χ3n) is 3.61. The zero-order valence-corrected chi connectivity index (χ0v) is 13.0. The molecule has 2 aromatic rings. The van der Waals surface area contributed by atoms with Crippen LogP contribution in [-0.4, -0.2) is 21.3 Å². The van der Waals surface area contributed by atoms with Crippen LogP contribution in [0.5, 0.6) is 11.5 Å². The average molecular weight is 285 g/mol. The molecule has 0 saturated heterocycles. The molecule has 0 fully saturated rings. The number of aryl methyl sites for hydroxylation is 2. The summed E-state index contributed by atoms with van der Waals surface area (Å²) in [6.45, 7) is 0.834. The van der Waals surface area contributed by atoms with E-state index >= 15 is 0 Å². The molecule has 0 aromatic heterocycles. The maximum Gasteiger partial charge on any atom is 0.161 e. The van der Waals surface area contributed by atoms with Gasteiger partial charge in [-0.3, -0.25) is 0 Å². The first kappa shape index (κ1) is 15.4. The van der Waals surface area contributed by atoms with Crippen molar-refractivity contribution in [3.05, 3.63) is 59.2 Å². The minimum Gasteiger partial charge on any atom is -0.493 e. The van der Waals surface area contributed by atoms with Crippen molar-refractivity contribution < 1.29 is 9.47 Å². The molecule has 3 rings (SSSR count). The van der Waals surface area contributed by atoms with Crippen LogP contribution in [0.25, 0.3) is 0 Å². The molecule has 1 N–H and O–H groups in total. The van der Waals surface area contributed by atoms with Crippen molar-refractivity contribution >= 4 is 0 Å². The van der Waals surface area contributed by atoms with E-state index in [4.69, 9.17) is 9.47 Å². The zero-order valence-electron chi connectivity index (χ0n) is 13.0. The van der Waals surface area contributed by atoms with Gasteiger partial charge in [0.25, 0.3) is 0 Å². The highest BCUT2D eigenvalue weighted by Crippen LogP contribution is 2.27. The van der Waals surface area contributed by atoms with Gasteiger partial charge < -0.3 is 14.8 Å². The molecule has 0 amide bonds. The number of benzene rings is 2. The molecule has 21 heavy (non-hydrogen) atoms. The molecule has 2 aromatic carbocycles. The maximum absolute atomic E-state index is 5.17. The van der Waals surface area contributed by atoms with Crippen molar-refractivity contribution in [2.24, 2.45) is 0 Å². The van der Waals surface area contributed by atoms with Gasteiger partial charge in [0.1, 0.15) is 0 Å². The van der Waals surface area contributed by atoms with E-state index in [0.29, 0.717) is 0 Å². The Hall–Kier alpha value is -2.00. The minimum absolute atomic E-state index is 0.766. The summed E-state index contributed by atoms with van der Waals surface area (Å²) in [6, 6.07) is 14.5. The summed E-state index contributed by atoms with van der Waals surface area (Å²) < 4.78 is 10.3. The van der Waals surface area contributed by atoms with Crippen LogP contribution in [-0.2, 0) is 19.4 Å². The van der Waals surface area contributed by atoms with Crippen LogP contribution in [0.15, 0.2) is 42.5 Å². The summed E-state index contributed by atoms with van der Waals surface area (Å²) in [7, 11) is 5.19. The number of rotatable bonds is 4. The summed E-state index contributed by atoms with van der Waals surface area (Å²) in [6.07, 6.45) is 2.60. The van der Waals surface area contributed by atoms with E-state index in [1.54, 1.807) is 25.3 Å². The van der Waals surface area contributed by atoms with Crippen molar-refractivity contribution in [3.8, 4) is 11.5 Å². The molecule has 0 spiro atoms. The predicted octanol–water partition coefficient (Wildman–Crippen LogP) is 3.21. The topological polar surface area (TPSA) is 30.5 Å². The molecule has 0 saturated carbocycles. The standard InChI is InChI=1S/C10H15NO2.C8H8/c1-11-7-8-4-5-9(12-2)10(6-8)13-3;1-2-4-8-6-5-7(8)3-1/h4-6,11H,7H2,1-3H3;1-4H,5-6H2. The Morgan fingerprint density at radius 3 is 1.95 bits per heavy atom. The fourth-order valence-electron chi connectivity index (χ4n) is 2.33. The maximum atomic E-state index is 5.17. The average Bonchev–Trinajstić information content (AvgIpc) is 2.49. The number of fused-ring (bicyclic) bond motifs is 1. The molecule has 0 bridgehead atoms. The summed E-state index contributed by atoms with van der Waals surface area (Å²) >= 11 is 0. The molecule has 3 nitrogen and oxygen atoms in total. The Morgan fingerprint density at radius 2 is 1.52 bits per heavy atom. The number of hydrogen-bond acceptors (Lipinski definition) is 3. The second-order valence-corrected chi connectivity index (χ2v) is 4.99. The van der Waals surface area contributed by atoms with Crippen LogP contribution in [0.3, 0.4) is 0 Å². The van der Waals surface area contributed by atoms with E-state index in [1.807, 2.05) is 25.2 Å². The largest absolute Gasteiger partial charge is 0.493 e. The number of hydrogen-bond donors (Lipinski definition) is 1. The fraction of sp³-hybridized carbons (Fsp3) is 0.333. The monoisotopic (exact) mass is 285 g/mol. The predicted molar refractivity (Wildman–Crippen MR) is 86.2 cm³/mol.